The Morgan fingerprint density at radius 2 is 1.13 bits per heavy atom. The van der Waals surface area contributed by atoms with Gasteiger partial charge in [0.05, 0.1) is 11.2 Å². The molecule has 0 saturated heterocycles. The lowest BCUT2D eigenvalue weighted by Crippen LogP contribution is -1.92. The maximum absolute atomic E-state index is 4.93. The molecular formula is C29H20N2. The van der Waals surface area contributed by atoms with E-state index >= 15 is 0 Å². The van der Waals surface area contributed by atoms with Crippen molar-refractivity contribution in [2.45, 2.75) is 6.92 Å². The summed E-state index contributed by atoms with van der Waals surface area (Å²) in [6.07, 6.45) is 3.96. The summed E-state index contributed by atoms with van der Waals surface area (Å²) in [6.45, 7) is 2.14. The third-order valence-corrected chi connectivity index (χ3v) is 6.07. The van der Waals surface area contributed by atoms with Crippen LogP contribution < -0.4 is 0 Å². The maximum Gasteiger partial charge on any atom is 0.0787 e. The Hall–Kier alpha value is -4.04. The van der Waals surface area contributed by atoms with E-state index < -0.39 is 0 Å². The Labute approximate surface area is 180 Å². The zero-order valence-corrected chi connectivity index (χ0v) is 17.2. The van der Waals surface area contributed by atoms with Crippen molar-refractivity contribution in [3.05, 3.63) is 109 Å². The zero-order valence-electron chi connectivity index (χ0n) is 17.2. The monoisotopic (exact) mass is 396 g/mol. The van der Waals surface area contributed by atoms with Crippen LogP contribution in [0.5, 0.6) is 0 Å². The second kappa shape index (κ2) is 7.03. The van der Waals surface area contributed by atoms with Crippen LogP contribution in [0.3, 0.4) is 0 Å². The molecular weight excluding hydrogens is 376 g/mol. The summed E-state index contributed by atoms with van der Waals surface area (Å²) in [7, 11) is 0. The van der Waals surface area contributed by atoms with Crippen LogP contribution in [0, 0.1) is 6.92 Å². The van der Waals surface area contributed by atoms with E-state index in [4.69, 9.17) is 9.97 Å². The second-order valence-electron chi connectivity index (χ2n) is 7.96. The molecule has 0 aliphatic carbocycles. The van der Waals surface area contributed by atoms with Crippen LogP contribution in [-0.4, -0.2) is 9.97 Å². The molecule has 2 heterocycles. The van der Waals surface area contributed by atoms with Gasteiger partial charge in [0.15, 0.2) is 0 Å². The van der Waals surface area contributed by atoms with Crippen LogP contribution in [0.1, 0.15) is 5.56 Å². The van der Waals surface area contributed by atoms with E-state index in [-0.39, 0.29) is 0 Å². The molecule has 31 heavy (non-hydrogen) atoms. The first-order valence-electron chi connectivity index (χ1n) is 10.5. The molecule has 0 N–H and O–H groups in total. The quantitative estimate of drug-likeness (QED) is 0.282. The smallest absolute Gasteiger partial charge is 0.0787 e. The molecule has 4 aromatic carbocycles. The highest BCUT2D eigenvalue weighted by molar-refractivity contribution is 6.24. The number of hydrogen-bond donors (Lipinski definition) is 0. The normalized spacial score (nSPS) is 11.4. The number of pyridine rings is 2. The van der Waals surface area contributed by atoms with E-state index in [1.54, 1.807) is 0 Å². The molecule has 0 aliphatic heterocycles. The van der Waals surface area contributed by atoms with E-state index in [0.29, 0.717) is 0 Å². The minimum atomic E-state index is 0.993. The number of aromatic nitrogens is 2. The summed E-state index contributed by atoms with van der Waals surface area (Å²) in [4.78, 5) is 9.68. The Morgan fingerprint density at radius 3 is 1.84 bits per heavy atom. The van der Waals surface area contributed by atoms with Gasteiger partial charge in [0.25, 0.3) is 0 Å². The molecule has 0 unspecified atom stereocenters. The molecule has 146 valence electrons. The molecule has 0 aliphatic rings. The predicted octanol–water partition coefficient (Wildman–Crippen LogP) is 7.58. The van der Waals surface area contributed by atoms with Gasteiger partial charge in [0.2, 0.25) is 0 Å². The van der Waals surface area contributed by atoms with Gasteiger partial charge in [-0.2, -0.15) is 0 Å². The van der Waals surface area contributed by atoms with Crippen molar-refractivity contribution < 1.29 is 0 Å². The van der Waals surface area contributed by atoms with Crippen molar-refractivity contribution in [1.29, 1.82) is 0 Å². The fourth-order valence-electron chi connectivity index (χ4n) is 4.53. The van der Waals surface area contributed by atoms with Crippen LogP contribution >= 0.6 is 0 Å². The van der Waals surface area contributed by atoms with Gasteiger partial charge < -0.3 is 0 Å². The zero-order chi connectivity index (χ0) is 20.8. The van der Waals surface area contributed by atoms with E-state index in [1.807, 2.05) is 30.6 Å². The SMILES string of the molecule is Cc1cc(-c2ccccc2)ncc1-c1cnc2c3ccccc3c3ccccc3c2c1. The summed E-state index contributed by atoms with van der Waals surface area (Å²) in [5.74, 6) is 0. The third-order valence-electron chi connectivity index (χ3n) is 6.07. The standard InChI is InChI=1S/C29H20N2/c1-19-15-28(20-9-3-2-4-10-20)30-18-27(19)21-16-26-24-13-6-5-11-22(24)23-12-7-8-14-25(23)29(26)31-17-21/h2-18H,1H3. The van der Waals surface area contributed by atoms with E-state index in [2.05, 4.69) is 79.7 Å². The van der Waals surface area contributed by atoms with Crippen molar-refractivity contribution in [3.8, 4) is 22.4 Å². The van der Waals surface area contributed by atoms with Gasteiger partial charge in [0.1, 0.15) is 0 Å². The molecule has 0 spiro atoms. The van der Waals surface area contributed by atoms with E-state index in [9.17, 15) is 0 Å². The minimum absolute atomic E-state index is 0.993. The highest BCUT2D eigenvalue weighted by Crippen LogP contribution is 2.36. The molecule has 0 radical (unpaired) electrons. The summed E-state index contributed by atoms with van der Waals surface area (Å²) in [6, 6.07) is 31.9. The molecule has 0 fully saturated rings. The fourth-order valence-corrected chi connectivity index (χ4v) is 4.53. The first kappa shape index (κ1) is 17.8. The van der Waals surface area contributed by atoms with E-state index in [1.165, 1.54) is 32.5 Å². The highest BCUT2D eigenvalue weighted by Gasteiger charge is 2.12. The van der Waals surface area contributed by atoms with Gasteiger partial charge in [0, 0.05) is 39.9 Å². The molecule has 0 saturated carbocycles. The topological polar surface area (TPSA) is 25.8 Å². The van der Waals surface area contributed by atoms with Gasteiger partial charge in [-0.25, -0.2) is 0 Å². The first-order valence-corrected chi connectivity index (χ1v) is 10.5. The van der Waals surface area contributed by atoms with Crippen LogP contribution in [0.2, 0.25) is 0 Å². The molecule has 6 rings (SSSR count). The number of rotatable bonds is 2. The van der Waals surface area contributed by atoms with Crippen LogP contribution in [0.15, 0.2) is 103 Å². The molecule has 6 aromatic rings. The van der Waals surface area contributed by atoms with E-state index in [0.717, 1.165) is 27.9 Å². The Morgan fingerprint density at radius 1 is 0.516 bits per heavy atom. The number of aryl methyl sites for hydroxylation is 1. The van der Waals surface area contributed by atoms with Gasteiger partial charge in [-0.15, -0.1) is 0 Å². The van der Waals surface area contributed by atoms with Crippen LogP contribution in [0.4, 0.5) is 0 Å². The molecule has 2 nitrogen and oxygen atoms in total. The van der Waals surface area contributed by atoms with Crippen LogP contribution in [-0.2, 0) is 0 Å². The van der Waals surface area contributed by atoms with Gasteiger partial charge in [-0.1, -0.05) is 78.9 Å². The lowest BCUT2D eigenvalue weighted by atomic mass is 9.95. The second-order valence-corrected chi connectivity index (χ2v) is 7.96. The summed E-state index contributed by atoms with van der Waals surface area (Å²) in [5.41, 5.74) is 6.58. The lowest BCUT2D eigenvalue weighted by Gasteiger charge is -2.12. The molecule has 2 aromatic heterocycles. The number of benzene rings is 4. The fraction of sp³-hybridized carbons (Fsp3) is 0.0345. The van der Waals surface area contributed by atoms with Gasteiger partial charge in [-0.05, 0) is 40.8 Å². The Balaban J connectivity index is 1.58. The number of nitrogens with zero attached hydrogens (tertiary/aromatic N) is 2. The van der Waals surface area contributed by atoms with Crippen molar-refractivity contribution in [3.63, 3.8) is 0 Å². The van der Waals surface area contributed by atoms with Gasteiger partial charge >= 0.3 is 0 Å². The Bertz CT molecular complexity index is 1550. The lowest BCUT2D eigenvalue weighted by molar-refractivity contribution is 1.28. The van der Waals surface area contributed by atoms with Crippen molar-refractivity contribution in [1.82, 2.24) is 9.97 Å². The summed E-state index contributed by atoms with van der Waals surface area (Å²) < 4.78 is 0. The molecule has 0 atom stereocenters. The van der Waals surface area contributed by atoms with Gasteiger partial charge in [-0.3, -0.25) is 9.97 Å². The average molecular weight is 396 g/mol. The number of fused-ring (bicyclic) bond motifs is 6. The highest BCUT2D eigenvalue weighted by atomic mass is 14.7. The predicted molar refractivity (Wildman–Crippen MR) is 130 cm³/mol. The summed E-state index contributed by atoms with van der Waals surface area (Å²) in [5, 5.41) is 6.11. The van der Waals surface area contributed by atoms with Crippen molar-refractivity contribution in [2.24, 2.45) is 0 Å². The average Bonchev–Trinajstić information content (AvgIpc) is 2.84. The molecule has 0 bridgehead atoms. The molecule has 0 amide bonds. The first-order chi connectivity index (χ1) is 15.3. The van der Waals surface area contributed by atoms with Crippen molar-refractivity contribution in [2.75, 3.05) is 0 Å². The van der Waals surface area contributed by atoms with Crippen LogP contribution in [0.25, 0.3) is 54.8 Å². The third kappa shape index (κ3) is 2.88. The summed E-state index contributed by atoms with van der Waals surface area (Å²) >= 11 is 0. The Kier molecular flexibility index (Phi) is 4.03. The molecule has 2 heteroatoms. The minimum Gasteiger partial charge on any atom is -0.256 e. The number of hydrogen-bond acceptors (Lipinski definition) is 2. The van der Waals surface area contributed by atoms with Crippen molar-refractivity contribution >= 4 is 32.4 Å². The largest absolute Gasteiger partial charge is 0.256 e. The maximum atomic E-state index is 4.93.